The number of fused-ring (bicyclic) bond motifs is 1. The van der Waals surface area contributed by atoms with Crippen molar-refractivity contribution in [2.75, 3.05) is 5.32 Å². The number of carbonyl (C=O) groups excluding carboxylic acids is 2. The highest BCUT2D eigenvalue weighted by molar-refractivity contribution is 7.21. The fourth-order valence-corrected chi connectivity index (χ4v) is 4.10. The summed E-state index contributed by atoms with van der Waals surface area (Å²) in [4.78, 5) is 42.1. The highest BCUT2D eigenvalue weighted by Gasteiger charge is 2.24. The number of aryl methyl sites for hydroxylation is 1. The lowest BCUT2D eigenvalue weighted by Gasteiger charge is -2.07. The molecule has 0 bridgehead atoms. The predicted molar refractivity (Wildman–Crippen MR) is 110 cm³/mol. The van der Waals surface area contributed by atoms with Crippen LogP contribution in [0.1, 0.15) is 37.8 Å². The molecule has 4 heterocycles. The van der Waals surface area contributed by atoms with E-state index in [-0.39, 0.29) is 27.8 Å². The quantitative estimate of drug-likeness (QED) is 0.300. The molecule has 0 spiro atoms. The Morgan fingerprint density at radius 3 is 2.73 bits per heavy atom. The summed E-state index contributed by atoms with van der Waals surface area (Å²) in [5.41, 5.74) is 5.35. The van der Waals surface area contributed by atoms with E-state index in [9.17, 15) is 28.5 Å². The zero-order valence-corrected chi connectivity index (χ0v) is 17.4. The third kappa shape index (κ3) is 4.22. The number of thiophene rings is 1. The number of nitrogens with zero attached hydrogens (tertiary/aromatic N) is 7. The van der Waals surface area contributed by atoms with Gasteiger partial charge in [-0.15, -0.1) is 11.3 Å². The molecule has 0 aliphatic carbocycles. The van der Waals surface area contributed by atoms with Gasteiger partial charge >= 0.3 is 5.95 Å². The SMILES string of the molecule is Cc1cc(C(F)F)nc2sc(C(N)=O)c(NC(=O)c3ccn(Cn4cnc([N+](=O)[O-])n4)n3)c12. The lowest BCUT2D eigenvalue weighted by atomic mass is 10.1. The maximum atomic E-state index is 13.1. The Kier molecular flexibility index (Phi) is 5.50. The van der Waals surface area contributed by atoms with Crippen LogP contribution >= 0.6 is 11.3 Å². The molecule has 0 aliphatic heterocycles. The summed E-state index contributed by atoms with van der Waals surface area (Å²) >= 11 is 0.794. The number of hydrogen-bond acceptors (Lipinski definition) is 9. The number of primary amides is 1. The first kappa shape index (κ1) is 21.9. The predicted octanol–water partition coefficient (Wildman–Crippen LogP) is 2.10. The monoisotopic (exact) mass is 477 g/mol. The molecule has 2 amide bonds. The van der Waals surface area contributed by atoms with E-state index in [1.54, 1.807) is 6.92 Å². The molecule has 4 aromatic rings. The number of anilines is 1. The van der Waals surface area contributed by atoms with Gasteiger partial charge in [0.25, 0.3) is 18.2 Å². The first-order valence-corrected chi connectivity index (χ1v) is 9.86. The number of aromatic nitrogens is 6. The third-order valence-corrected chi connectivity index (χ3v) is 5.51. The van der Waals surface area contributed by atoms with E-state index in [0.717, 1.165) is 22.3 Å². The second-order valence-electron chi connectivity index (χ2n) is 6.69. The Labute approximate surface area is 186 Å². The smallest absolute Gasteiger partial charge is 0.390 e. The van der Waals surface area contributed by atoms with Gasteiger partial charge in [-0.25, -0.2) is 18.4 Å². The molecule has 3 N–H and O–H groups in total. The molecule has 4 rings (SSSR count). The minimum absolute atomic E-state index is 0.0466. The number of amides is 2. The number of carbonyl (C=O) groups is 2. The summed E-state index contributed by atoms with van der Waals surface area (Å²) in [5.74, 6) is -2.13. The molecule has 0 fully saturated rings. The van der Waals surface area contributed by atoms with Crippen molar-refractivity contribution in [1.82, 2.24) is 29.5 Å². The van der Waals surface area contributed by atoms with E-state index in [0.29, 0.717) is 10.9 Å². The molecule has 16 heteroatoms. The summed E-state index contributed by atoms with van der Waals surface area (Å²) in [6.45, 7) is 1.50. The fourth-order valence-electron chi connectivity index (χ4n) is 3.04. The van der Waals surface area contributed by atoms with Crippen molar-refractivity contribution in [2.45, 2.75) is 20.0 Å². The van der Waals surface area contributed by atoms with Crippen LogP contribution in [0.5, 0.6) is 0 Å². The molecule has 13 nitrogen and oxygen atoms in total. The van der Waals surface area contributed by atoms with E-state index in [4.69, 9.17) is 5.73 Å². The maximum absolute atomic E-state index is 13.1. The van der Waals surface area contributed by atoms with Gasteiger partial charge in [-0.3, -0.25) is 9.59 Å². The van der Waals surface area contributed by atoms with Crippen molar-refractivity contribution in [3.05, 3.63) is 56.6 Å². The number of nitrogens with two attached hydrogens (primary N) is 1. The average Bonchev–Trinajstić information content (AvgIpc) is 3.47. The number of hydrogen-bond donors (Lipinski definition) is 2. The summed E-state index contributed by atoms with van der Waals surface area (Å²) < 4.78 is 28.6. The van der Waals surface area contributed by atoms with Gasteiger partial charge in [0.2, 0.25) is 6.33 Å². The van der Waals surface area contributed by atoms with Gasteiger partial charge in [-0.2, -0.15) is 9.78 Å². The Morgan fingerprint density at radius 2 is 2.09 bits per heavy atom. The summed E-state index contributed by atoms with van der Waals surface area (Å²) in [6.07, 6.45) is -0.231. The number of alkyl halides is 2. The topological polar surface area (TPSA) is 177 Å². The Bertz CT molecular complexity index is 1410. The standard InChI is InChI=1S/C17H13F2N9O4S/c1-7-4-9(13(18)19)22-16-10(7)11(12(33-16)14(20)29)23-15(30)8-2-3-26(24-8)6-27-5-21-17(25-27)28(31)32/h2-5,13H,6H2,1H3,(H2,20,29)(H,23,30). The molecule has 4 aromatic heterocycles. The summed E-state index contributed by atoms with van der Waals surface area (Å²) in [5, 5.41) is 21.3. The van der Waals surface area contributed by atoms with E-state index in [2.05, 4.69) is 25.5 Å². The van der Waals surface area contributed by atoms with Gasteiger partial charge in [0.15, 0.2) is 12.4 Å². The van der Waals surface area contributed by atoms with Crippen molar-refractivity contribution in [3.8, 4) is 0 Å². The summed E-state index contributed by atoms with van der Waals surface area (Å²) in [6, 6.07) is 2.55. The van der Waals surface area contributed by atoms with Crippen LogP contribution in [0.15, 0.2) is 24.7 Å². The molecule has 0 aromatic carbocycles. The molecule has 0 radical (unpaired) electrons. The van der Waals surface area contributed by atoms with Gasteiger partial charge in [-0.05, 0) is 29.5 Å². The van der Waals surface area contributed by atoms with Crippen LogP contribution in [-0.4, -0.2) is 46.3 Å². The molecule has 0 aliphatic rings. The molecule has 0 unspecified atom stereocenters. The van der Waals surface area contributed by atoms with Crippen molar-refractivity contribution in [1.29, 1.82) is 0 Å². The number of nitro groups is 1. The van der Waals surface area contributed by atoms with Crippen LogP contribution < -0.4 is 11.1 Å². The lowest BCUT2D eigenvalue weighted by Crippen LogP contribution is -2.18. The molecule has 0 saturated carbocycles. The first-order valence-electron chi connectivity index (χ1n) is 9.04. The number of nitrogens with one attached hydrogen (secondary N) is 1. The Balaban J connectivity index is 1.62. The maximum Gasteiger partial charge on any atom is 0.491 e. The van der Waals surface area contributed by atoms with E-state index < -0.39 is 34.8 Å². The molecule has 170 valence electrons. The number of pyridine rings is 1. The summed E-state index contributed by atoms with van der Waals surface area (Å²) in [7, 11) is 0. The van der Waals surface area contributed by atoms with Crippen LogP contribution in [0.3, 0.4) is 0 Å². The molecular weight excluding hydrogens is 464 g/mol. The van der Waals surface area contributed by atoms with Crippen molar-refractivity contribution >= 4 is 45.0 Å². The highest BCUT2D eigenvalue weighted by atomic mass is 32.1. The minimum atomic E-state index is -2.80. The highest BCUT2D eigenvalue weighted by Crippen LogP contribution is 2.38. The van der Waals surface area contributed by atoms with Gasteiger partial charge in [0.05, 0.1) is 5.69 Å². The molecule has 0 atom stereocenters. The largest absolute Gasteiger partial charge is 0.491 e. The van der Waals surface area contributed by atoms with Crippen LogP contribution in [0.2, 0.25) is 0 Å². The van der Waals surface area contributed by atoms with Crippen LogP contribution in [0, 0.1) is 17.0 Å². The van der Waals surface area contributed by atoms with Crippen molar-refractivity contribution in [2.24, 2.45) is 5.73 Å². The van der Waals surface area contributed by atoms with Crippen molar-refractivity contribution < 1.29 is 23.3 Å². The van der Waals surface area contributed by atoms with E-state index in [1.165, 1.54) is 23.0 Å². The number of halogens is 2. The zero-order valence-electron chi connectivity index (χ0n) is 16.6. The first-order chi connectivity index (χ1) is 15.6. The fraction of sp³-hybridized carbons (Fsp3) is 0.176. The van der Waals surface area contributed by atoms with Gasteiger partial charge in [0, 0.05) is 16.7 Å². The minimum Gasteiger partial charge on any atom is -0.390 e. The Morgan fingerprint density at radius 1 is 1.33 bits per heavy atom. The second kappa shape index (κ2) is 8.30. The lowest BCUT2D eigenvalue weighted by molar-refractivity contribution is -0.394. The second-order valence-corrected chi connectivity index (χ2v) is 7.69. The van der Waals surface area contributed by atoms with Crippen LogP contribution in [0.25, 0.3) is 10.2 Å². The average molecular weight is 477 g/mol. The Hall–Kier alpha value is -4.34. The van der Waals surface area contributed by atoms with Crippen molar-refractivity contribution in [3.63, 3.8) is 0 Å². The van der Waals surface area contributed by atoms with Gasteiger partial charge in [0.1, 0.15) is 15.4 Å². The zero-order chi connectivity index (χ0) is 23.9. The van der Waals surface area contributed by atoms with Crippen LogP contribution in [-0.2, 0) is 6.67 Å². The van der Waals surface area contributed by atoms with Crippen LogP contribution in [0.4, 0.5) is 20.4 Å². The third-order valence-electron chi connectivity index (χ3n) is 4.42. The molecule has 0 saturated heterocycles. The van der Waals surface area contributed by atoms with E-state index in [1.807, 2.05) is 0 Å². The number of rotatable bonds is 7. The van der Waals surface area contributed by atoms with E-state index >= 15 is 0 Å². The van der Waals surface area contributed by atoms with Gasteiger partial charge < -0.3 is 21.2 Å². The molecular formula is C17H13F2N9O4S. The normalized spacial score (nSPS) is 11.3. The molecule has 33 heavy (non-hydrogen) atoms. The van der Waals surface area contributed by atoms with Gasteiger partial charge in [-0.1, -0.05) is 4.98 Å².